The van der Waals surface area contributed by atoms with E-state index in [1.165, 1.54) is 6.07 Å². The zero-order chi connectivity index (χ0) is 14.3. The van der Waals surface area contributed by atoms with Crippen molar-refractivity contribution >= 4 is 27.5 Å². The highest BCUT2D eigenvalue weighted by molar-refractivity contribution is 9.10. The number of hydrogen-bond acceptors (Lipinski definition) is 4. The first-order valence-corrected chi connectivity index (χ1v) is 6.72. The van der Waals surface area contributed by atoms with Gasteiger partial charge in [-0.2, -0.15) is 0 Å². The Hall–Kier alpha value is -1.47. The summed E-state index contributed by atoms with van der Waals surface area (Å²) in [5.41, 5.74) is 5.76. The van der Waals surface area contributed by atoms with E-state index in [1.54, 1.807) is 12.1 Å². The van der Waals surface area contributed by atoms with Crippen molar-refractivity contribution in [2.24, 2.45) is 5.73 Å². The molecular formula is C12H16BrN3O3. The lowest BCUT2D eigenvalue weighted by atomic mass is 10.1. The molecule has 1 aromatic rings. The van der Waals surface area contributed by atoms with Crippen LogP contribution in [0.25, 0.3) is 0 Å². The highest BCUT2D eigenvalue weighted by atomic mass is 79.9. The van der Waals surface area contributed by atoms with Gasteiger partial charge in [-0.05, 0) is 31.5 Å². The molecule has 1 rings (SSSR count). The Morgan fingerprint density at radius 3 is 2.79 bits per heavy atom. The van der Waals surface area contributed by atoms with Gasteiger partial charge in [0.25, 0.3) is 5.69 Å². The minimum Gasteiger partial charge on any atom is -0.370 e. The van der Waals surface area contributed by atoms with Crippen molar-refractivity contribution < 1.29 is 9.72 Å². The van der Waals surface area contributed by atoms with Gasteiger partial charge in [-0.1, -0.05) is 15.9 Å². The maximum Gasteiger partial charge on any atom is 0.275 e. The van der Waals surface area contributed by atoms with Crippen LogP contribution in [-0.2, 0) is 11.3 Å². The molecule has 1 amide bonds. The van der Waals surface area contributed by atoms with Crippen molar-refractivity contribution in [3.8, 4) is 0 Å². The number of nitrogens with one attached hydrogen (secondary N) is 1. The third kappa shape index (κ3) is 5.80. The number of nitro groups is 1. The van der Waals surface area contributed by atoms with Gasteiger partial charge in [0, 0.05) is 29.1 Å². The molecule has 0 heterocycles. The first-order chi connectivity index (χ1) is 9.00. The van der Waals surface area contributed by atoms with Gasteiger partial charge in [0.05, 0.1) is 4.92 Å². The van der Waals surface area contributed by atoms with Crippen LogP contribution >= 0.6 is 15.9 Å². The van der Waals surface area contributed by atoms with E-state index in [0.717, 1.165) is 12.8 Å². The van der Waals surface area contributed by atoms with E-state index in [-0.39, 0.29) is 11.6 Å². The lowest BCUT2D eigenvalue weighted by Gasteiger charge is -2.05. The number of nitrogens with two attached hydrogens (primary N) is 1. The standard InChI is InChI=1S/C12H16BrN3O3/c13-10-5-4-9(11(7-10)16(18)19)8-15-6-2-1-3-12(14)17/h4-5,7,15H,1-3,6,8H2,(H2,14,17). The molecule has 0 spiro atoms. The van der Waals surface area contributed by atoms with Crippen molar-refractivity contribution in [3.05, 3.63) is 38.3 Å². The molecule has 0 bridgehead atoms. The van der Waals surface area contributed by atoms with E-state index in [9.17, 15) is 14.9 Å². The van der Waals surface area contributed by atoms with E-state index in [0.29, 0.717) is 29.5 Å². The van der Waals surface area contributed by atoms with E-state index < -0.39 is 4.92 Å². The maximum atomic E-state index is 10.9. The van der Waals surface area contributed by atoms with Crippen LogP contribution in [0.1, 0.15) is 24.8 Å². The summed E-state index contributed by atoms with van der Waals surface area (Å²) < 4.78 is 0.685. The predicted octanol–water partition coefficient (Wildman–Crippen LogP) is 2.10. The number of unbranched alkanes of at least 4 members (excludes halogenated alkanes) is 1. The summed E-state index contributed by atoms with van der Waals surface area (Å²) in [5.74, 6) is -0.302. The van der Waals surface area contributed by atoms with Crippen LogP contribution < -0.4 is 11.1 Å². The maximum absolute atomic E-state index is 10.9. The average molecular weight is 330 g/mol. The van der Waals surface area contributed by atoms with Crippen LogP contribution in [0.2, 0.25) is 0 Å². The predicted molar refractivity (Wildman–Crippen MR) is 75.5 cm³/mol. The Balaban J connectivity index is 2.41. The number of benzene rings is 1. The summed E-state index contributed by atoms with van der Waals surface area (Å²) in [6, 6.07) is 4.99. The Kier molecular flexibility index (Phi) is 6.44. The van der Waals surface area contributed by atoms with Gasteiger partial charge in [0.1, 0.15) is 0 Å². The first kappa shape index (κ1) is 15.6. The second kappa shape index (κ2) is 7.85. The molecule has 1 aromatic carbocycles. The third-order valence-electron chi connectivity index (χ3n) is 2.59. The second-order valence-corrected chi connectivity index (χ2v) is 5.05. The summed E-state index contributed by atoms with van der Waals surface area (Å²) in [6.07, 6.45) is 1.91. The fourth-order valence-corrected chi connectivity index (χ4v) is 1.98. The van der Waals surface area contributed by atoms with E-state index >= 15 is 0 Å². The van der Waals surface area contributed by atoms with Crippen LogP contribution in [0.4, 0.5) is 5.69 Å². The summed E-state index contributed by atoms with van der Waals surface area (Å²) >= 11 is 3.21. The molecule has 0 aromatic heterocycles. The largest absolute Gasteiger partial charge is 0.370 e. The highest BCUT2D eigenvalue weighted by Gasteiger charge is 2.13. The Morgan fingerprint density at radius 2 is 2.16 bits per heavy atom. The normalized spacial score (nSPS) is 10.4. The smallest absolute Gasteiger partial charge is 0.275 e. The van der Waals surface area contributed by atoms with Gasteiger partial charge in [-0.3, -0.25) is 14.9 Å². The molecule has 104 valence electrons. The van der Waals surface area contributed by atoms with Gasteiger partial charge in [0.2, 0.25) is 5.91 Å². The lowest BCUT2D eigenvalue weighted by Crippen LogP contribution is -2.17. The number of carbonyl (C=O) groups excluding carboxylic acids is 1. The van der Waals surface area contributed by atoms with Crippen molar-refractivity contribution in [3.63, 3.8) is 0 Å². The fourth-order valence-electron chi connectivity index (χ4n) is 1.63. The monoisotopic (exact) mass is 329 g/mol. The number of primary amides is 1. The molecule has 0 unspecified atom stereocenters. The van der Waals surface area contributed by atoms with E-state index in [4.69, 9.17) is 5.73 Å². The molecule has 6 nitrogen and oxygen atoms in total. The van der Waals surface area contributed by atoms with Crippen LogP contribution in [0.3, 0.4) is 0 Å². The number of halogens is 1. The van der Waals surface area contributed by atoms with Crippen molar-refractivity contribution in [2.75, 3.05) is 6.54 Å². The van der Waals surface area contributed by atoms with Gasteiger partial charge >= 0.3 is 0 Å². The molecular weight excluding hydrogens is 314 g/mol. The van der Waals surface area contributed by atoms with Crippen LogP contribution in [0, 0.1) is 10.1 Å². The molecule has 19 heavy (non-hydrogen) atoms. The van der Waals surface area contributed by atoms with E-state index in [1.807, 2.05) is 0 Å². The molecule has 7 heteroatoms. The van der Waals surface area contributed by atoms with Gasteiger partial charge in [-0.15, -0.1) is 0 Å². The molecule has 0 aliphatic heterocycles. The number of nitro benzene ring substituents is 1. The fraction of sp³-hybridized carbons (Fsp3) is 0.417. The topological polar surface area (TPSA) is 98.3 Å². The molecule has 0 radical (unpaired) electrons. The molecule has 0 fully saturated rings. The molecule has 0 aliphatic rings. The van der Waals surface area contributed by atoms with Crippen LogP contribution in [0.15, 0.2) is 22.7 Å². The minimum absolute atomic E-state index is 0.0963. The summed E-state index contributed by atoms with van der Waals surface area (Å²) in [5, 5.41) is 14.0. The van der Waals surface area contributed by atoms with Gasteiger partial charge in [-0.25, -0.2) is 0 Å². The molecule has 0 atom stereocenters. The third-order valence-corrected chi connectivity index (χ3v) is 3.08. The van der Waals surface area contributed by atoms with Crippen molar-refractivity contribution in [2.45, 2.75) is 25.8 Å². The Morgan fingerprint density at radius 1 is 1.42 bits per heavy atom. The number of nitrogens with zero attached hydrogens (tertiary/aromatic N) is 1. The summed E-state index contributed by atoms with van der Waals surface area (Å²) in [6.45, 7) is 1.13. The zero-order valence-corrected chi connectivity index (χ0v) is 12.0. The lowest BCUT2D eigenvalue weighted by molar-refractivity contribution is -0.385. The average Bonchev–Trinajstić information content (AvgIpc) is 2.34. The van der Waals surface area contributed by atoms with Crippen LogP contribution in [0.5, 0.6) is 0 Å². The SMILES string of the molecule is NC(=O)CCCCNCc1ccc(Br)cc1[N+](=O)[O-]. The Labute approximate surface area is 119 Å². The highest BCUT2D eigenvalue weighted by Crippen LogP contribution is 2.23. The van der Waals surface area contributed by atoms with Gasteiger partial charge < -0.3 is 11.1 Å². The van der Waals surface area contributed by atoms with Crippen molar-refractivity contribution in [1.29, 1.82) is 0 Å². The molecule has 0 aliphatic carbocycles. The quantitative estimate of drug-likeness (QED) is 0.433. The summed E-state index contributed by atoms with van der Waals surface area (Å²) in [7, 11) is 0. The number of rotatable bonds is 8. The molecule has 0 saturated heterocycles. The zero-order valence-electron chi connectivity index (χ0n) is 10.4. The van der Waals surface area contributed by atoms with Crippen molar-refractivity contribution in [1.82, 2.24) is 5.32 Å². The summed E-state index contributed by atoms with van der Waals surface area (Å²) in [4.78, 5) is 21.0. The minimum atomic E-state index is -0.394. The molecule has 0 saturated carbocycles. The van der Waals surface area contributed by atoms with Crippen LogP contribution in [-0.4, -0.2) is 17.4 Å². The number of carbonyl (C=O) groups is 1. The van der Waals surface area contributed by atoms with Gasteiger partial charge in [0.15, 0.2) is 0 Å². The number of amides is 1. The van der Waals surface area contributed by atoms with E-state index in [2.05, 4.69) is 21.2 Å². The Bertz CT molecular complexity index is 466. The first-order valence-electron chi connectivity index (χ1n) is 5.92. The second-order valence-electron chi connectivity index (χ2n) is 4.13. The molecule has 3 N–H and O–H groups in total. The number of hydrogen-bond donors (Lipinski definition) is 2.